The summed E-state index contributed by atoms with van der Waals surface area (Å²) in [6.45, 7) is 11.1. The fourth-order valence-electron chi connectivity index (χ4n) is 0.537. The molecule has 0 aliphatic rings. The lowest BCUT2D eigenvalue weighted by Crippen LogP contribution is -2.33. The van der Waals surface area contributed by atoms with Crippen LogP contribution in [0, 0.1) is 6.57 Å². The number of ether oxygens (including phenoxy) is 1. The molecule has 1 N–H and O–H groups in total. The van der Waals surface area contributed by atoms with Crippen molar-refractivity contribution in [3.8, 4) is 6.57 Å². The van der Waals surface area contributed by atoms with Crippen molar-refractivity contribution in [2.75, 3.05) is 13.1 Å². The van der Waals surface area contributed by atoms with E-state index in [2.05, 4.69) is 10.2 Å². The van der Waals surface area contributed by atoms with Gasteiger partial charge in [-0.15, -0.1) is 0 Å². The van der Waals surface area contributed by atoms with Crippen molar-refractivity contribution in [2.45, 2.75) is 26.4 Å². The molecule has 0 atom stereocenters. The van der Waals surface area contributed by atoms with Gasteiger partial charge in [0, 0.05) is 0 Å². The van der Waals surface area contributed by atoms with Crippen LogP contribution in [0.1, 0.15) is 20.8 Å². The molecule has 0 unspecified atom stereocenters. The molecule has 0 bridgehead atoms. The normalized spacial score (nSPS) is 10.2. The fourth-order valence-corrected chi connectivity index (χ4v) is 0.537. The largest absolute Gasteiger partial charge is 0.444 e. The highest BCUT2D eigenvalue weighted by molar-refractivity contribution is 5.67. The van der Waals surface area contributed by atoms with Crippen molar-refractivity contribution >= 4 is 6.09 Å². The Labute approximate surface area is 72.7 Å². The van der Waals surface area contributed by atoms with Crippen LogP contribution in [0.15, 0.2) is 0 Å². The van der Waals surface area contributed by atoms with Gasteiger partial charge in [-0.2, -0.15) is 0 Å². The van der Waals surface area contributed by atoms with Gasteiger partial charge < -0.3 is 10.1 Å². The van der Waals surface area contributed by atoms with E-state index in [-0.39, 0.29) is 0 Å². The zero-order valence-electron chi connectivity index (χ0n) is 7.76. The third-order valence-corrected chi connectivity index (χ3v) is 0.909. The first-order valence-electron chi connectivity index (χ1n) is 3.79. The Morgan fingerprint density at radius 3 is 2.58 bits per heavy atom. The predicted octanol–water partition coefficient (Wildman–Crippen LogP) is 1.47. The average Bonchev–Trinajstić information content (AvgIpc) is 1.84. The highest BCUT2D eigenvalue weighted by atomic mass is 16.6. The highest BCUT2D eigenvalue weighted by Gasteiger charge is 2.15. The molecule has 0 aromatic rings. The summed E-state index contributed by atoms with van der Waals surface area (Å²) in [6, 6.07) is 0. The van der Waals surface area contributed by atoms with Crippen LogP contribution in [-0.2, 0) is 4.74 Å². The van der Waals surface area contributed by atoms with Gasteiger partial charge >= 0.3 is 6.09 Å². The summed E-state index contributed by atoms with van der Waals surface area (Å²) < 4.78 is 4.95. The van der Waals surface area contributed by atoms with E-state index in [1.54, 1.807) is 20.8 Å². The molecule has 0 saturated carbocycles. The minimum absolute atomic E-state index is 0.402. The van der Waals surface area contributed by atoms with Crippen molar-refractivity contribution in [1.82, 2.24) is 5.32 Å². The first-order chi connectivity index (χ1) is 5.45. The lowest BCUT2D eigenvalue weighted by atomic mass is 10.2. The molecule has 0 aliphatic carbocycles. The number of amides is 1. The molecule has 12 heavy (non-hydrogen) atoms. The second kappa shape index (κ2) is 4.60. The zero-order valence-corrected chi connectivity index (χ0v) is 7.76. The van der Waals surface area contributed by atoms with Gasteiger partial charge in [-0.3, -0.25) is 0 Å². The third kappa shape index (κ3) is 6.87. The summed E-state index contributed by atoms with van der Waals surface area (Å²) in [4.78, 5) is 14.3. The number of nitrogens with one attached hydrogen (secondary N) is 1. The van der Waals surface area contributed by atoms with Gasteiger partial charge in [-0.1, -0.05) is 4.85 Å². The number of carbonyl (C=O) groups excluding carboxylic acids is 1. The number of alkyl carbamates (subject to hydrolysis) is 1. The third-order valence-electron chi connectivity index (χ3n) is 0.909. The van der Waals surface area contributed by atoms with E-state index in [0.717, 1.165) is 0 Å². The Kier molecular flexibility index (Phi) is 4.12. The molecule has 0 radical (unpaired) electrons. The van der Waals surface area contributed by atoms with Gasteiger partial charge in [0.15, 0.2) is 0 Å². The van der Waals surface area contributed by atoms with Crippen molar-refractivity contribution in [3.05, 3.63) is 4.85 Å². The lowest BCUT2D eigenvalue weighted by molar-refractivity contribution is 0.0530. The van der Waals surface area contributed by atoms with E-state index >= 15 is 0 Å². The Morgan fingerprint density at radius 2 is 2.17 bits per heavy atom. The summed E-state index contributed by atoms with van der Waals surface area (Å²) in [5.74, 6) is 0. The first kappa shape index (κ1) is 10.8. The molecule has 0 aliphatic heterocycles. The maximum absolute atomic E-state index is 10.9. The van der Waals surface area contributed by atoms with Gasteiger partial charge in [0.1, 0.15) is 5.60 Å². The van der Waals surface area contributed by atoms with Gasteiger partial charge in [-0.25, -0.2) is 4.79 Å². The first-order valence-corrected chi connectivity index (χ1v) is 3.79. The van der Waals surface area contributed by atoms with E-state index in [4.69, 9.17) is 11.3 Å². The Balaban J connectivity index is 3.56. The number of hydrogen-bond acceptors (Lipinski definition) is 2. The van der Waals surface area contributed by atoms with Gasteiger partial charge in [-0.05, 0) is 20.8 Å². The maximum Gasteiger partial charge on any atom is 0.407 e. The summed E-state index contributed by atoms with van der Waals surface area (Å²) in [6.07, 6.45) is -0.439. The smallest absolute Gasteiger partial charge is 0.407 e. The quantitative estimate of drug-likeness (QED) is 0.639. The number of hydrogen-bond donors (Lipinski definition) is 1. The Hall–Kier alpha value is -1.24. The highest BCUT2D eigenvalue weighted by Crippen LogP contribution is 2.05. The van der Waals surface area contributed by atoms with Gasteiger partial charge in [0.2, 0.25) is 0 Å². The van der Waals surface area contributed by atoms with E-state index < -0.39 is 11.7 Å². The van der Waals surface area contributed by atoms with Crippen molar-refractivity contribution < 1.29 is 9.53 Å². The maximum atomic E-state index is 10.9. The lowest BCUT2D eigenvalue weighted by Gasteiger charge is -2.18. The molecule has 0 spiro atoms. The molecule has 68 valence electrons. The summed E-state index contributed by atoms with van der Waals surface area (Å²) >= 11 is 0. The van der Waals surface area contributed by atoms with Crippen LogP contribution in [0.25, 0.3) is 4.85 Å². The Morgan fingerprint density at radius 1 is 1.58 bits per heavy atom. The monoisotopic (exact) mass is 171 g/mol. The molecule has 4 heteroatoms. The van der Waals surface area contributed by atoms with E-state index in [1.807, 2.05) is 0 Å². The molecule has 0 fully saturated rings. The standard InChI is InChI=1S/C8H14N2O2/c1-8(2,3)12-7(11)10-6-5-9-4/h4H,5-6H2,1-3H3/p+1. The predicted molar refractivity (Wildman–Crippen MR) is 47.4 cm³/mol. The molecular formula is C8H15N2O2+. The van der Waals surface area contributed by atoms with Crippen molar-refractivity contribution in [1.29, 1.82) is 0 Å². The summed E-state index contributed by atoms with van der Waals surface area (Å²) in [5, 5.41) is 2.51. The minimum Gasteiger partial charge on any atom is -0.444 e. The van der Waals surface area contributed by atoms with Crippen LogP contribution in [0.4, 0.5) is 4.79 Å². The van der Waals surface area contributed by atoms with Crippen LogP contribution in [-0.4, -0.2) is 24.8 Å². The van der Waals surface area contributed by atoms with Crippen LogP contribution < -0.4 is 5.32 Å². The van der Waals surface area contributed by atoms with Crippen LogP contribution in [0.5, 0.6) is 0 Å². The Bertz CT molecular complexity index is 188. The van der Waals surface area contributed by atoms with Gasteiger partial charge in [0.05, 0.1) is 6.54 Å². The molecule has 0 aromatic heterocycles. The van der Waals surface area contributed by atoms with E-state index in [0.29, 0.717) is 13.1 Å². The number of nitrogens with zero attached hydrogens (tertiary/aromatic N) is 1. The number of carbonyl (C=O) groups is 1. The molecule has 0 saturated heterocycles. The minimum atomic E-state index is -0.454. The van der Waals surface area contributed by atoms with Gasteiger partial charge in [0.25, 0.3) is 13.1 Å². The fraction of sp³-hybridized carbons (Fsp3) is 0.750. The van der Waals surface area contributed by atoms with Crippen LogP contribution >= 0.6 is 0 Å². The van der Waals surface area contributed by atoms with E-state index in [1.165, 1.54) is 0 Å². The molecular weight excluding hydrogens is 156 g/mol. The average molecular weight is 171 g/mol. The molecule has 0 rings (SSSR count). The van der Waals surface area contributed by atoms with Crippen LogP contribution in [0.3, 0.4) is 0 Å². The second-order valence-electron chi connectivity index (χ2n) is 3.33. The second-order valence-corrected chi connectivity index (χ2v) is 3.33. The molecule has 0 heterocycles. The number of rotatable bonds is 2. The zero-order chi connectivity index (χ0) is 9.61. The molecule has 1 amide bonds. The van der Waals surface area contributed by atoms with Crippen molar-refractivity contribution in [2.24, 2.45) is 0 Å². The molecule has 4 nitrogen and oxygen atoms in total. The summed E-state index contributed by atoms with van der Waals surface area (Å²) in [7, 11) is 0. The SMILES string of the molecule is C#[N+]CCNC(=O)OC(C)(C)C. The van der Waals surface area contributed by atoms with Crippen molar-refractivity contribution in [3.63, 3.8) is 0 Å². The molecule has 0 aromatic carbocycles. The summed E-state index contributed by atoms with van der Waals surface area (Å²) in [5.41, 5.74) is -0.454. The van der Waals surface area contributed by atoms with E-state index in [9.17, 15) is 4.79 Å². The van der Waals surface area contributed by atoms with Crippen LogP contribution in [0.2, 0.25) is 0 Å². The topological polar surface area (TPSA) is 42.7 Å².